The number of nitrogens with two attached hydrogens (primary N) is 1. The highest BCUT2D eigenvalue weighted by Crippen LogP contribution is 2.12. The minimum atomic E-state index is -0.472. The molecule has 1 aromatic rings. The number of ether oxygens (including phenoxy) is 1. The average Bonchev–Trinajstić information content (AvgIpc) is 2.37. The summed E-state index contributed by atoms with van der Waals surface area (Å²) in [6.07, 6.45) is 0.744. The summed E-state index contributed by atoms with van der Waals surface area (Å²) in [6.45, 7) is 5.23. The SMILES string of the molecule is C[C@@H]1CN(C(=O)[C@H](N)Cc2ccccc2)C[C@H](C)O1. The van der Waals surface area contributed by atoms with Gasteiger partial charge in [-0.25, -0.2) is 0 Å². The number of rotatable bonds is 3. The van der Waals surface area contributed by atoms with Crippen molar-refractivity contribution >= 4 is 5.91 Å². The van der Waals surface area contributed by atoms with Crippen LogP contribution in [0.3, 0.4) is 0 Å². The Bertz CT molecular complexity index is 411. The molecule has 4 nitrogen and oxygen atoms in total. The minimum Gasteiger partial charge on any atom is -0.372 e. The third kappa shape index (κ3) is 3.78. The van der Waals surface area contributed by atoms with Gasteiger partial charge in [0.1, 0.15) is 0 Å². The monoisotopic (exact) mass is 262 g/mol. The van der Waals surface area contributed by atoms with Gasteiger partial charge in [-0.15, -0.1) is 0 Å². The van der Waals surface area contributed by atoms with Crippen molar-refractivity contribution in [2.24, 2.45) is 5.73 Å². The van der Waals surface area contributed by atoms with Gasteiger partial charge in [0.05, 0.1) is 18.2 Å². The summed E-state index contributed by atoms with van der Waals surface area (Å²) in [4.78, 5) is 14.2. The van der Waals surface area contributed by atoms with Crippen LogP contribution in [0.1, 0.15) is 19.4 Å². The molecule has 1 amide bonds. The molecule has 1 aromatic carbocycles. The van der Waals surface area contributed by atoms with Crippen LogP contribution in [-0.4, -0.2) is 42.1 Å². The van der Waals surface area contributed by atoms with E-state index in [0.29, 0.717) is 19.5 Å². The van der Waals surface area contributed by atoms with Crippen molar-refractivity contribution in [1.29, 1.82) is 0 Å². The van der Waals surface area contributed by atoms with E-state index in [1.165, 1.54) is 0 Å². The molecule has 0 radical (unpaired) electrons. The fourth-order valence-electron chi connectivity index (χ4n) is 2.55. The molecular formula is C15H22N2O2. The number of hydrogen-bond acceptors (Lipinski definition) is 3. The van der Waals surface area contributed by atoms with E-state index >= 15 is 0 Å². The van der Waals surface area contributed by atoms with Crippen molar-refractivity contribution in [3.05, 3.63) is 35.9 Å². The average molecular weight is 262 g/mol. The van der Waals surface area contributed by atoms with Crippen LogP contribution in [-0.2, 0) is 16.0 Å². The summed E-state index contributed by atoms with van der Waals surface area (Å²) in [5.41, 5.74) is 7.13. The normalized spacial score (nSPS) is 25.1. The number of carbonyl (C=O) groups excluding carboxylic acids is 1. The van der Waals surface area contributed by atoms with Crippen molar-refractivity contribution in [2.45, 2.75) is 38.5 Å². The first-order valence-corrected chi connectivity index (χ1v) is 6.80. The van der Waals surface area contributed by atoms with Crippen LogP contribution < -0.4 is 5.73 Å². The Morgan fingerprint density at radius 1 is 1.32 bits per heavy atom. The Morgan fingerprint density at radius 2 is 1.89 bits per heavy atom. The lowest BCUT2D eigenvalue weighted by atomic mass is 10.0. The highest BCUT2D eigenvalue weighted by molar-refractivity contribution is 5.82. The lowest BCUT2D eigenvalue weighted by Gasteiger charge is -2.36. The molecule has 3 atom stereocenters. The van der Waals surface area contributed by atoms with E-state index < -0.39 is 6.04 Å². The Balaban J connectivity index is 1.95. The summed E-state index contributed by atoms with van der Waals surface area (Å²) in [5.74, 6) is 0.0193. The van der Waals surface area contributed by atoms with Gasteiger partial charge >= 0.3 is 0 Å². The predicted molar refractivity (Wildman–Crippen MR) is 74.7 cm³/mol. The molecule has 0 bridgehead atoms. The smallest absolute Gasteiger partial charge is 0.240 e. The van der Waals surface area contributed by atoms with Gasteiger partial charge in [-0.3, -0.25) is 4.79 Å². The van der Waals surface area contributed by atoms with E-state index in [4.69, 9.17) is 10.5 Å². The van der Waals surface area contributed by atoms with Crippen molar-refractivity contribution in [3.63, 3.8) is 0 Å². The van der Waals surface area contributed by atoms with Crippen molar-refractivity contribution < 1.29 is 9.53 Å². The van der Waals surface area contributed by atoms with Gasteiger partial charge in [-0.1, -0.05) is 30.3 Å². The maximum Gasteiger partial charge on any atom is 0.240 e. The number of nitrogens with zero attached hydrogens (tertiary/aromatic N) is 1. The third-order valence-corrected chi connectivity index (χ3v) is 3.35. The fraction of sp³-hybridized carbons (Fsp3) is 0.533. The van der Waals surface area contributed by atoms with Crippen molar-refractivity contribution in [2.75, 3.05) is 13.1 Å². The molecule has 2 N–H and O–H groups in total. The van der Waals surface area contributed by atoms with Crippen LogP contribution in [0.25, 0.3) is 0 Å². The Hall–Kier alpha value is -1.39. The molecule has 104 valence electrons. The van der Waals surface area contributed by atoms with Gasteiger partial charge in [0.15, 0.2) is 0 Å². The maximum atomic E-state index is 12.3. The lowest BCUT2D eigenvalue weighted by molar-refractivity contribution is -0.144. The number of morpholine rings is 1. The Morgan fingerprint density at radius 3 is 2.47 bits per heavy atom. The van der Waals surface area contributed by atoms with Gasteiger partial charge in [0.25, 0.3) is 0 Å². The van der Waals surface area contributed by atoms with Gasteiger partial charge < -0.3 is 15.4 Å². The molecule has 0 unspecified atom stereocenters. The third-order valence-electron chi connectivity index (χ3n) is 3.35. The molecule has 2 rings (SSSR count). The molecule has 1 aliphatic rings. The van der Waals surface area contributed by atoms with E-state index in [0.717, 1.165) is 5.56 Å². The predicted octanol–water partition coefficient (Wildman–Crippen LogP) is 1.19. The fourth-order valence-corrected chi connectivity index (χ4v) is 2.55. The van der Waals surface area contributed by atoms with Crippen LogP contribution in [0, 0.1) is 0 Å². The zero-order valence-corrected chi connectivity index (χ0v) is 11.6. The maximum absolute atomic E-state index is 12.3. The van der Waals surface area contributed by atoms with E-state index in [2.05, 4.69) is 0 Å². The first kappa shape index (κ1) is 14.0. The zero-order valence-electron chi connectivity index (χ0n) is 11.6. The highest BCUT2D eigenvalue weighted by atomic mass is 16.5. The van der Waals surface area contributed by atoms with Crippen LogP contribution >= 0.6 is 0 Å². The Kier molecular flexibility index (Phi) is 4.56. The summed E-state index contributed by atoms with van der Waals surface area (Å²) >= 11 is 0. The largest absolute Gasteiger partial charge is 0.372 e. The van der Waals surface area contributed by atoms with E-state index in [9.17, 15) is 4.79 Å². The van der Waals surface area contributed by atoms with Crippen LogP contribution in [0.5, 0.6) is 0 Å². The molecule has 0 saturated carbocycles. The van der Waals surface area contributed by atoms with Crippen LogP contribution in [0.2, 0.25) is 0 Å². The second-order valence-corrected chi connectivity index (χ2v) is 5.30. The van der Waals surface area contributed by atoms with Gasteiger partial charge in [0.2, 0.25) is 5.91 Å². The number of carbonyl (C=O) groups is 1. The van der Waals surface area contributed by atoms with Crippen molar-refractivity contribution in [1.82, 2.24) is 4.90 Å². The molecule has 0 aromatic heterocycles. The first-order valence-electron chi connectivity index (χ1n) is 6.80. The molecule has 1 saturated heterocycles. The highest BCUT2D eigenvalue weighted by Gasteiger charge is 2.28. The first-order chi connectivity index (χ1) is 9.06. The zero-order chi connectivity index (χ0) is 13.8. The number of hydrogen-bond donors (Lipinski definition) is 1. The quantitative estimate of drug-likeness (QED) is 0.890. The number of amides is 1. The van der Waals surface area contributed by atoms with Crippen molar-refractivity contribution in [3.8, 4) is 0 Å². The summed E-state index contributed by atoms with van der Waals surface area (Å²) < 4.78 is 5.63. The second kappa shape index (κ2) is 6.17. The molecule has 1 fully saturated rings. The number of benzene rings is 1. The summed E-state index contributed by atoms with van der Waals surface area (Å²) in [6, 6.07) is 9.41. The van der Waals surface area contributed by atoms with Gasteiger partial charge in [0, 0.05) is 13.1 Å². The van der Waals surface area contributed by atoms with Crippen LogP contribution in [0.4, 0.5) is 0 Å². The van der Waals surface area contributed by atoms with E-state index in [1.807, 2.05) is 49.1 Å². The standard InChI is InChI=1S/C15H22N2O2/c1-11-9-17(10-12(2)19-11)15(18)14(16)8-13-6-4-3-5-7-13/h3-7,11-12,14H,8-10,16H2,1-2H3/t11-,12+,14-/m1/s1. The van der Waals surface area contributed by atoms with E-state index in [-0.39, 0.29) is 18.1 Å². The molecule has 19 heavy (non-hydrogen) atoms. The molecular weight excluding hydrogens is 240 g/mol. The molecule has 0 spiro atoms. The van der Waals surface area contributed by atoms with Crippen LogP contribution in [0.15, 0.2) is 30.3 Å². The molecule has 0 aliphatic carbocycles. The lowest BCUT2D eigenvalue weighted by Crippen LogP contribution is -2.53. The molecule has 1 heterocycles. The summed E-state index contributed by atoms with van der Waals surface area (Å²) in [5, 5.41) is 0. The van der Waals surface area contributed by atoms with Gasteiger partial charge in [-0.2, -0.15) is 0 Å². The summed E-state index contributed by atoms with van der Waals surface area (Å²) in [7, 11) is 0. The van der Waals surface area contributed by atoms with Gasteiger partial charge in [-0.05, 0) is 25.8 Å². The molecule has 4 heteroatoms. The Labute approximate surface area is 114 Å². The second-order valence-electron chi connectivity index (χ2n) is 5.30. The topological polar surface area (TPSA) is 55.6 Å². The minimum absolute atomic E-state index is 0.0193. The molecule has 1 aliphatic heterocycles. The van der Waals surface area contributed by atoms with E-state index in [1.54, 1.807) is 0 Å².